The van der Waals surface area contributed by atoms with Crippen molar-refractivity contribution in [2.45, 2.75) is 58.4 Å². The number of allylic oxidation sites excluding steroid dienone is 4. The summed E-state index contributed by atoms with van der Waals surface area (Å²) in [7, 11) is 0. The Morgan fingerprint density at radius 3 is 2.59 bits per heavy atom. The minimum Gasteiger partial charge on any atom is -0.307 e. The molecular weight excluding hydrogens is 268 g/mol. The largest absolute Gasteiger partial charge is 0.307 e. The number of benzene rings is 1. The summed E-state index contributed by atoms with van der Waals surface area (Å²) in [4.78, 5) is 0. The Hall–Kier alpha value is -1.83. The van der Waals surface area contributed by atoms with Crippen LogP contribution in [0.5, 0.6) is 0 Å². The van der Waals surface area contributed by atoms with Crippen molar-refractivity contribution in [3.05, 3.63) is 52.6 Å². The van der Waals surface area contributed by atoms with Crippen LogP contribution in [0.2, 0.25) is 0 Å². The molecule has 0 heterocycles. The predicted molar refractivity (Wildman–Crippen MR) is 95.0 cm³/mol. The van der Waals surface area contributed by atoms with E-state index >= 15 is 0 Å². The van der Waals surface area contributed by atoms with E-state index in [1.165, 1.54) is 60.0 Å². The van der Waals surface area contributed by atoms with Gasteiger partial charge >= 0.3 is 0 Å². The molecule has 1 aromatic rings. The Morgan fingerprint density at radius 2 is 1.86 bits per heavy atom. The molecule has 1 saturated carbocycles. The zero-order valence-corrected chi connectivity index (χ0v) is 13.7. The van der Waals surface area contributed by atoms with Gasteiger partial charge in [-0.1, -0.05) is 55.2 Å². The molecule has 0 spiro atoms. The SMILES string of the molecule is CC1=CC(C)=C(c2ccccc2C=NNC2CCCCC2)C1. The van der Waals surface area contributed by atoms with Gasteiger partial charge in [0.2, 0.25) is 0 Å². The van der Waals surface area contributed by atoms with Crippen LogP contribution in [0.1, 0.15) is 63.5 Å². The zero-order chi connectivity index (χ0) is 15.4. The van der Waals surface area contributed by atoms with Gasteiger partial charge in [0.1, 0.15) is 0 Å². The van der Waals surface area contributed by atoms with Crippen LogP contribution in [0.25, 0.3) is 5.57 Å². The van der Waals surface area contributed by atoms with Crippen molar-refractivity contribution in [1.29, 1.82) is 0 Å². The van der Waals surface area contributed by atoms with Crippen LogP contribution in [-0.4, -0.2) is 12.3 Å². The molecule has 0 radical (unpaired) electrons. The second-order valence-electron chi connectivity index (χ2n) is 6.64. The molecule has 0 bridgehead atoms. The lowest BCUT2D eigenvalue weighted by Gasteiger charge is -2.20. The van der Waals surface area contributed by atoms with Crippen molar-refractivity contribution in [3.63, 3.8) is 0 Å². The van der Waals surface area contributed by atoms with E-state index in [1.54, 1.807) is 0 Å². The van der Waals surface area contributed by atoms with Crippen LogP contribution < -0.4 is 5.43 Å². The van der Waals surface area contributed by atoms with E-state index in [9.17, 15) is 0 Å². The van der Waals surface area contributed by atoms with Crippen molar-refractivity contribution in [2.24, 2.45) is 5.10 Å². The Balaban J connectivity index is 1.73. The molecule has 2 aliphatic rings. The van der Waals surface area contributed by atoms with Crippen LogP contribution >= 0.6 is 0 Å². The first kappa shape index (κ1) is 15.1. The highest BCUT2D eigenvalue weighted by Gasteiger charge is 2.15. The molecule has 1 aromatic carbocycles. The zero-order valence-electron chi connectivity index (χ0n) is 13.7. The first-order valence-electron chi connectivity index (χ1n) is 8.49. The maximum atomic E-state index is 4.53. The molecule has 0 unspecified atom stereocenters. The van der Waals surface area contributed by atoms with Crippen LogP contribution in [0.4, 0.5) is 0 Å². The van der Waals surface area contributed by atoms with Gasteiger partial charge in [-0.3, -0.25) is 0 Å². The number of nitrogens with zero attached hydrogens (tertiary/aromatic N) is 1. The second kappa shape index (κ2) is 6.95. The highest BCUT2D eigenvalue weighted by atomic mass is 15.3. The smallest absolute Gasteiger partial charge is 0.0546 e. The molecule has 1 fully saturated rings. The van der Waals surface area contributed by atoms with E-state index in [0.717, 1.165) is 6.42 Å². The van der Waals surface area contributed by atoms with Crippen LogP contribution in [0.15, 0.2) is 46.6 Å². The minimum atomic E-state index is 0.563. The summed E-state index contributed by atoms with van der Waals surface area (Å²) in [6.07, 6.45) is 11.9. The maximum Gasteiger partial charge on any atom is 0.0546 e. The van der Waals surface area contributed by atoms with Gasteiger partial charge in [-0.2, -0.15) is 5.10 Å². The molecule has 2 aliphatic carbocycles. The molecular formula is C20H26N2. The molecule has 0 saturated heterocycles. The van der Waals surface area contributed by atoms with Gasteiger partial charge in [0, 0.05) is 11.6 Å². The Bertz CT molecular complexity index is 616. The van der Waals surface area contributed by atoms with Crippen molar-refractivity contribution in [1.82, 2.24) is 5.43 Å². The van der Waals surface area contributed by atoms with E-state index in [4.69, 9.17) is 0 Å². The number of rotatable bonds is 4. The molecule has 116 valence electrons. The fourth-order valence-corrected chi connectivity index (χ4v) is 3.56. The third kappa shape index (κ3) is 3.49. The van der Waals surface area contributed by atoms with E-state index in [1.807, 2.05) is 6.21 Å². The molecule has 0 amide bonds. The lowest BCUT2D eigenvalue weighted by Crippen LogP contribution is -2.26. The topological polar surface area (TPSA) is 24.4 Å². The highest BCUT2D eigenvalue weighted by molar-refractivity contribution is 5.90. The monoisotopic (exact) mass is 294 g/mol. The molecule has 0 atom stereocenters. The Labute approximate surface area is 134 Å². The molecule has 3 rings (SSSR count). The quantitative estimate of drug-likeness (QED) is 0.608. The number of nitrogens with one attached hydrogen (secondary N) is 1. The van der Waals surface area contributed by atoms with Gasteiger partial charge in [0.05, 0.1) is 6.21 Å². The van der Waals surface area contributed by atoms with Crippen LogP contribution in [0.3, 0.4) is 0 Å². The molecule has 2 heteroatoms. The molecule has 1 N–H and O–H groups in total. The minimum absolute atomic E-state index is 0.563. The first-order valence-corrected chi connectivity index (χ1v) is 8.49. The fraction of sp³-hybridized carbons (Fsp3) is 0.450. The van der Waals surface area contributed by atoms with E-state index in [-0.39, 0.29) is 0 Å². The van der Waals surface area contributed by atoms with Gasteiger partial charge < -0.3 is 5.43 Å². The summed E-state index contributed by atoms with van der Waals surface area (Å²) in [6.45, 7) is 4.41. The molecule has 0 aliphatic heterocycles. The van der Waals surface area contributed by atoms with Crippen LogP contribution in [-0.2, 0) is 0 Å². The van der Waals surface area contributed by atoms with Crippen LogP contribution in [0, 0.1) is 0 Å². The fourth-order valence-electron chi connectivity index (χ4n) is 3.56. The second-order valence-corrected chi connectivity index (χ2v) is 6.64. The Kier molecular flexibility index (Phi) is 4.77. The number of hydrazone groups is 1. The standard InChI is InChI=1S/C20H26N2/c1-15-12-16(2)20(13-15)19-11-7-6-8-17(19)14-21-22-18-9-4-3-5-10-18/h6-8,11-12,14,18,22H,3-5,9-10,13H2,1-2H3. The summed E-state index contributed by atoms with van der Waals surface area (Å²) >= 11 is 0. The lowest BCUT2D eigenvalue weighted by atomic mass is 9.96. The first-order chi connectivity index (χ1) is 10.7. The van der Waals surface area contributed by atoms with Gasteiger partial charge in [0.25, 0.3) is 0 Å². The van der Waals surface area contributed by atoms with Gasteiger partial charge in [-0.25, -0.2) is 0 Å². The number of hydrogen-bond acceptors (Lipinski definition) is 2. The third-order valence-electron chi connectivity index (χ3n) is 4.75. The van der Waals surface area contributed by atoms with E-state index in [0.29, 0.717) is 6.04 Å². The lowest BCUT2D eigenvalue weighted by molar-refractivity contribution is 0.381. The van der Waals surface area contributed by atoms with Crippen molar-refractivity contribution in [2.75, 3.05) is 0 Å². The Morgan fingerprint density at radius 1 is 1.09 bits per heavy atom. The normalized spacial score (nSPS) is 19.8. The molecule has 22 heavy (non-hydrogen) atoms. The molecule has 0 aromatic heterocycles. The van der Waals surface area contributed by atoms with E-state index in [2.05, 4.69) is 54.7 Å². The maximum absolute atomic E-state index is 4.53. The van der Waals surface area contributed by atoms with E-state index < -0.39 is 0 Å². The average molecular weight is 294 g/mol. The summed E-state index contributed by atoms with van der Waals surface area (Å²) < 4.78 is 0. The molecule has 2 nitrogen and oxygen atoms in total. The summed E-state index contributed by atoms with van der Waals surface area (Å²) in [6, 6.07) is 9.16. The van der Waals surface area contributed by atoms with Crippen molar-refractivity contribution in [3.8, 4) is 0 Å². The summed E-state index contributed by atoms with van der Waals surface area (Å²) in [5.74, 6) is 0. The summed E-state index contributed by atoms with van der Waals surface area (Å²) in [5.41, 5.74) is 10.2. The number of hydrogen-bond donors (Lipinski definition) is 1. The summed E-state index contributed by atoms with van der Waals surface area (Å²) in [5, 5.41) is 4.53. The third-order valence-corrected chi connectivity index (χ3v) is 4.75. The average Bonchev–Trinajstić information content (AvgIpc) is 2.87. The van der Waals surface area contributed by atoms with Crippen molar-refractivity contribution >= 4 is 11.8 Å². The van der Waals surface area contributed by atoms with Gasteiger partial charge in [0.15, 0.2) is 0 Å². The highest BCUT2D eigenvalue weighted by Crippen LogP contribution is 2.34. The van der Waals surface area contributed by atoms with Gasteiger partial charge in [-0.05, 0) is 49.8 Å². The van der Waals surface area contributed by atoms with Gasteiger partial charge in [-0.15, -0.1) is 0 Å². The van der Waals surface area contributed by atoms with Crippen molar-refractivity contribution < 1.29 is 0 Å². The predicted octanol–water partition coefficient (Wildman–Crippen LogP) is 5.07.